The molecule has 0 saturated carbocycles. The quantitative estimate of drug-likeness (QED) is 0.811. The minimum atomic E-state index is -1.48. The Bertz CT molecular complexity index is 501. The van der Waals surface area contributed by atoms with Crippen LogP contribution in [0.25, 0.3) is 0 Å². The maximum absolute atomic E-state index is 11.9. The maximum Gasteiger partial charge on any atom is 0.334 e. The van der Waals surface area contributed by atoms with E-state index in [-0.39, 0.29) is 19.1 Å². The monoisotopic (exact) mass is 313 g/mol. The van der Waals surface area contributed by atoms with Gasteiger partial charge in [-0.3, -0.25) is 4.79 Å². The van der Waals surface area contributed by atoms with Gasteiger partial charge in [0.1, 0.15) is 6.61 Å². The molecule has 1 atom stereocenters. The number of benzene rings is 1. The van der Waals surface area contributed by atoms with E-state index in [0.29, 0.717) is 10.6 Å². The van der Waals surface area contributed by atoms with Crippen LogP contribution in [-0.4, -0.2) is 29.7 Å². The van der Waals surface area contributed by atoms with Gasteiger partial charge in [0.25, 0.3) is 0 Å². The van der Waals surface area contributed by atoms with Crippen LogP contribution in [0.2, 0.25) is 5.02 Å². The fraction of sp³-hybridized carbons (Fsp3) is 0.467. The molecule has 0 bridgehead atoms. The molecule has 0 aliphatic heterocycles. The number of carboxylic acid groups (broad SMARTS) is 1. The Kier molecular flexibility index (Phi) is 6.18. The predicted molar refractivity (Wildman–Crippen MR) is 80.3 cm³/mol. The molecule has 0 fully saturated rings. The van der Waals surface area contributed by atoms with Crippen LogP contribution in [0.4, 0.5) is 0 Å². The van der Waals surface area contributed by atoms with Crippen LogP contribution in [0, 0.1) is 0 Å². The zero-order valence-corrected chi connectivity index (χ0v) is 13.1. The lowest BCUT2D eigenvalue weighted by molar-refractivity contribution is -0.149. The molecule has 1 rings (SSSR count). The zero-order chi connectivity index (χ0) is 16.0. The van der Waals surface area contributed by atoms with E-state index >= 15 is 0 Å². The average molecular weight is 314 g/mol. The van der Waals surface area contributed by atoms with Gasteiger partial charge < -0.3 is 15.2 Å². The molecule has 0 radical (unpaired) electrons. The third-order valence-electron chi connectivity index (χ3n) is 3.13. The lowest BCUT2D eigenvalue weighted by atomic mass is 9.87. The fourth-order valence-electron chi connectivity index (χ4n) is 1.94. The van der Waals surface area contributed by atoms with E-state index in [4.69, 9.17) is 16.3 Å². The molecule has 0 aromatic heterocycles. The number of hydrogen-bond acceptors (Lipinski definition) is 3. The van der Waals surface area contributed by atoms with Crippen molar-refractivity contribution in [1.82, 2.24) is 5.32 Å². The van der Waals surface area contributed by atoms with Crippen molar-refractivity contribution in [2.75, 3.05) is 6.61 Å². The van der Waals surface area contributed by atoms with Crippen LogP contribution >= 0.6 is 11.6 Å². The van der Waals surface area contributed by atoms with Gasteiger partial charge in [0.2, 0.25) is 5.91 Å². The fourth-order valence-corrected chi connectivity index (χ4v) is 2.07. The lowest BCUT2D eigenvalue weighted by Gasteiger charge is -2.30. The topological polar surface area (TPSA) is 75.6 Å². The standard InChI is InChI=1S/C15H20ClNO4/c1-4-15(14(19)20,11-5-7-12(16)8-6-11)17-13(18)9-21-10(2)3/h5-8,10H,4,9H2,1-3H3,(H,17,18)(H,19,20). The van der Waals surface area contributed by atoms with Gasteiger partial charge in [0.15, 0.2) is 5.54 Å². The predicted octanol–water partition coefficient (Wildman–Crippen LogP) is 2.57. The zero-order valence-electron chi connectivity index (χ0n) is 12.4. The molecular formula is C15H20ClNO4. The van der Waals surface area contributed by atoms with E-state index in [0.717, 1.165) is 0 Å². The molecule has 5 nitrogen and oxygen atoms in total. The van der Waals surface area contributed by atoms with Gasteiger partial charge in [0, 0.05) is 5.02 Å². The molecule has 21 heavy (non-hydrogen) atoms. The highest BCUT2D eigenvalue weighted by Crippen LogP contribution is 2.27. The molecule has 0 heterocycles. The number of hydrogen-bond donors (Lipinski definition) is 2. The summed E-state index contributed by atoms with van der Waals surface area (Å²) in [7, 11) is 0. The number of carbonyl (C=O) groups excluding carboxylic acids is 1. The molecule has 1 aromatic rings. The van der Waals surface area contributed by atoms with Crippen molar-refractivity contribution < 1.29 is 19.4 Å². The first-order chi connectivity index (χ1) is 9.81. The summed E-state index contributed by atoms with van der Waals surface area (Å²) >= 11 is 5.82. The maximum atomic E-state index is 11.9. The number of nitrogens with one attached hydrogen (secondary N) is 1. The molecule has 6 heteroatoms. The van der Waals surface area contributed by atoms with E-state index in [1.165, 1.54) is 0 Å². The Morgan fingerprint density at radius 3 is 2.33 bits per heavy atom. The highest BCUT2D eigenvalue weighted by molar-refractivity contribution is 6.30. The largest absolute Gasteiger partial charge is 0.479 e. The number of ether oxygens (including phenoxy) is 1. The Balaban J connectivity index is 3.01. The summed E-state index contributed by atoms with van der Waals surface area (Å²) < 4.78 is 5.20. The van der Waals surface area contributed by atoms with Crippen LogP contribution in [0.15, 0.2) is 24.3 Å². The first-order valence-corrected chi connectivity index (χ1v) is 7.11. The molecular weight excluding hydrogens is 294 g/mol. The summed E-state index contributed by atoms with van der Waals surface area (Å²) in [6.07, 6.45) is 0.101. The second kappa shape index (κ2) is 7.43. The van der Waals surface area contributed by atoms with Crippen molar-refractivity contribution in [3.8, 4) is 0 Å². The number of aliphatic carboxylic acids is 1. The number of carbonyl (C=O) groups is 2. The first-order valence-electron chi connectivity index (χ1n) is 6.74. The van der Waals surface area contributed by atoms with Gasteiger partial charge in [0.05, 0.1) is 6.10 Å². The Hall–Kier alpha value is -1.59. The molecule has 0 saturated heterocycles. The summed E-state index contributed by atoms with van der Waals surface area (Å²) in [6, 6.07) is 6.40. The number of amides is 1. The first kappa shape index (κ1) is 17.5. The molecule has 1 amide bonds. The minimum Gasteiger partial charge on any atom is -0.479 e. The van der Waals surface area contributed by atoms with Gasteiger partial charge >= 0.3 is 5.97 Å². The van der Waals surface area contributed by atoms with E-state index in [1.807, 2.05) is 0 Å². The van der Waals surface area contributed by atoms with Gasteiger partial charge in [-0.25, -0.2) is 4.79 Å². The van der Waals surface area contributed by atoms with Gasteiger partial charge in [-0.1, -0.05) is 30.7 Å². The summed E-state index contributed by atoms with van der Waals surface area (Å²) in [5, 5.41) is 12.7. The molecule has 116 valence electrons. The third-order valence-corrected chi connectivity index (χ3v) is 3.38. The molecule has 0 aliphatic carbocycles. The number of carboxylic acids is 1. The van der Waals surface area contributed by atoms with Crippen molar-refractivity contribution in [2.24, 2.45) is 0 Å². The van der Waals surface area contributed by atoms with Crippen molar-refractivity contribution >= 4 is 23.5 Å². The lowest BCUT2D eigenvalue weighted by Crippen LogP contribution is -2.52. The van der Waals surface area contributed by atoms with Crippen molar-refractivity contribution in [2.45, 2.75) is 38.8 Å². The summed E-state index contributed by atoms with van der Waals surface area (Å²) in [5.41, 5.74) is -1.01. The summed E-state index contributed by atoms with van der Waals surface area (Å²) in [5.74, 6) is -1.59. The van der Waals surface area contributed by atoms with Gasteiger partial charge in [-0.15, -0.1) is 0 Å². The van der Waals surface area contributed by atoms with Crippen LogP contribution in [0.3, 0.4) is 0 Å². The van der Waals surface area contributed by atoms with Gasteiger partial charge in [-0.2, -0.15) is 0 Å². The normalized spacial score (nSPS) is 13.8. The smallest absolute Gasteiger partial charge is 0.334 e. The second-order valence-corrected chi connectivity index (χ2v) is 5.42. The van der Waals surface area contributed by atoms with Crippen LogP contribution in [-0.2, 0) is 19.9 Å². The van der Waals surface area contributed by atoms with E-state index in [9.17, 15) is 14.7 Å². The van der Waals surface area contributed by atoms with Gasteiger partial charge in [-0.05, 0) is 38.0 Å². The Labute approximate surface area is 129 Å². The Morgan fingerprint density at radius 1 is 1.33 bits per heavy atom. The minimum absolute atomic E-state index is 0.105. The highest BCUT2D eigenvalue weighted by Gasteiger charge is 2.40. The van der Waals surface area contributed by atoms with Crippen molar-refractivity contribution in [3.63, 3.8) is 0 Å². The molecule has 0 spiro atoms. The van der Waals surface area contributed by atoms with Crippen LogP contribution < -0.4 is 5.32 Å². The Morgan fingerprint density at radius 2 is 1.90 bits per heavy atom. The van der Waals surface area contributed by atoms with Crippen molar-refractivity contribution in [1.29, 1.82) is 0 Å². The van der Waals surface area contributed by atoms with Crippen LogP contribution in [0.1, 0.15) is 32.8 Å². The van der Waals surface area contributed by atoms with Crippen molar-refractivity contribution in [3.05, 3.63) is 34.9 Å². The molecule has 1 unspecified atom stereocenters. The molecule has 0 aliphatic rings. The SMILES string of the molecule is CCC(NC(=O)COC(C)C)(C(=O)O)c1ccc(Cl)cc1. The van der Waals surface area contributed by atoms with E-state index < -0.39 is 17.4 Å². The number of rotatable bonds is 7. The average Bonchev–Trinajstić information content (AvgIpc) is 2.43. The highest BCUT2D eigenvalue weighted by atomic mass is 35.5. The van der Waals surface area contributed by atoms with E-state index in [2.05, 4.69) is 5.32 Å². The molecule has 1 aromatic carbocycles. The third kappa shape index (κ3) is 4.44. The molecule has 2 N–H and O–H groups in total. The summed E-state index contributed by atoms with van der Waals surface area (Å²) in [4.78, 5) is 23.7. The summed E-state index contributed by atoms with van der Waals surface area (Å²) in [6.45, 7) is 5.13. The second-order valence-electron chi connectivity index (χ2n) is 4.98. The van der Waals surface area contributed by atoms with Crippen LogP contribution in [0.5, 0.6) is 0 Å². The van der Waals surface area contributed by atoms with E-state index in [1.54, 1.807) is 45.0 Å². The number of halogens is 1.